The molecule has 0 radical (unpaired) electrons. The number of anilines is 2. The van der Waals surface area contributed by atoms with Crippen molar-refractivity contribution >= 4 is 35.1 Å². The Labute approximate surface area is 216 Å². The third-order valence-electron chi connectivity index (χ3n) is 7.73. The van der Waals surface area contributed by atoms with Crippen molar-refractivity contribution in [3.63, 3.8) is 0 Å². The van der Waals surface area contributed by atoms with E-state index in [4.69, 9.17) is 9.47 Å². The van der Waals surface area contributed by atoms with Gasteiger partial charge in [0.15, 0.2) is 0 Å². The van der Waals surface area contributed by atoms with Gasteiger partial charge >= 0.3 is 5.97 Å². The van der Waals surface area contributed by atoms with Gasteiger partial charge in [-0.05, 0) is 87.1 Å². The Balaban J connectivity index is 1.25. The maximum absolute atomic E-state index is 13.1. The molecule has 0 N–H and O–H groups in total. The number of benzene rings is 2. The molecule has 3 fully saturated rings. The molecule has 8 nitrogen and oxygen atoms in total. The Morgan fingerprint density at radius 3 is 2.38 bits per heavy atom. The Kier molecular flexibility index (Phi) is 6.75. The maximum atomic E-state index is 13.1. The molecule has 2 aliphatic heterocycles. The lowest BCUT2D eigenvalue weighted by Gasteiger charge is -2.25. The van der Waals surface area contributed by atoms with Crippen LogP contribution in [-0.4, -0.2) is 36.8 Å². The lowest BCUT2D eigenvalue weighted by molar-refractivity contribution is -0.139. The van der Waals surface area contributed by atoms with Gasteiger partial charge in [-0.25, -0.2) is 4.90 Å². The van der Waals surface area contributed by atoms with Gasteiger partial charge in [-0.1, -0.05) is 6.92 Å². The van der Waals surface area contributed by atoms with E-state index in [9.17, 15) is 19.2 Å². The molecule has 2 aromatic carbocycles. The van der Waals surface area contributed by atoms with E-state index in [1.165, 1.54) is 4.90 Å². The third-order valence-corrected chi connectivity index (χ3v) is 7.73. The van der Waals surface area contributed by atoms with Gasteiger partial charge in [0, 0.05) is 18.7 Å². The van der Waals surface area contributed by atoms with Crippen molar-refractivity contribution in [3.8, 4) is 11.5 Å². The first-order valence-corrected chi connectivity index (χ1v) is 13.0. The molecule has 37 heavy (non-hydrogen) atoms. The molecule has 0 bridgehead atoms. The van der Waals surface area contributed by atoms with Crippen LogP contribution < -0.4 is 19.3 Å². The molecular weight excluding hydrogens is 472 g/mol. The number of ether oxygens (including phenoxy) is 2. The van der Waals surface area contributed by atoms with E-state index in [1.54, 1.807) is 54.3 Å². The number of fused-ring (bicyclic) bond motifs is 1. The fourth-order valence-electron chi connectivity index (χ4n) is 5.77. The molecule has 8 heteroatoms. The van der Waals surface area contributed by atoms with Crippen LogP contribution in [0.5, 0.6) is 11.5 Å². The highest BCUT2D eigenvalue weighted by molar-refractivity contribution is 6.22. The highest BCUT2D eigenvalue weighted by atomic mass is 16.5. The lowest BCUT2D eigenvalue weighted by atomic mass is 9.76. The average molecular weight is 505 g/mol. The second kappa shape index (κ2) is 10.00. The van der Waals surface area contributed by atoms with Crippen LogP contribution in [-0.2, 0) is 19.2 Å². The summed E-state index contributed by atoms with van der Waals surface area (Å²) < 4.78 is 11.1. The van der Waals surface area contributed by atoms with Gasteiger partial charge in [0.1, 0.15) is 11.5 Å². The molecule has 194 valence electrons. The first kappa shape index (κ1) is 25.0. The van der Waals surface area contributed by atoms with Crippen molar-refractivity contribution in [3.05, 3.63) is 48.0 Å². The van der Waals surface area contributed by atoms with Crippen LogP contribution in [0.2, 0.25) is 0 Å². The molecule has 0 spiro atoms. The summed E-state index contributed by atoms with van der Waals surface area (Å²) in [5.74, 6) is -0.477. The van der Waals surface area contributed by atoms with Crippen molar-refractivity contribution in [2.24, 2.45) is 23.7 Å². The van der Waals surface area contributed by atoms with Crippen LogP contribution in [0.3, 0.4) is 0 Å². The first-order valence-electron chi connectivity index (χ1n) is 13.0. The van der Waals surface area contributed by atoms with E-state index < -0.39 is 11.9 Å². The summed E-state index contributed by atoms with van der Waals surface area (Å²) >= 11 is 0. The van der Waals surface area contributed by atoms with Gasteiger partial charge < -0.3 is 14.4 Å². The number of esters is 1. The Morgan fingerprint density at radius 2 is 1.68 bits per heavy atom. The summed E-state index contributed by atoms with van der Waals surface area (Å²) in [5.41, 5.74) is 1.92. The Morgan fingerprint density at radius 1 is 0.973 bits per heavy atom. The molecule has 2 heterocycles. The minimum absolute atomic E-state index is 0.0705. The van der Waals surface area contributed by atoms with E-state index in [2.05, 4.69) is 6.92 Å². The minimum atomic E-state index is -0.592. The van der Waals surface area contributed by atoms with Crippen molar-refractivity contribution < 1.29 is 28.7 Å². The van der Waals surface area contributed by atoms with E-state index in [-0.39, 0.29) is 42.5 Å². The van der Waals surface area contributed by atoms with E-state index in [0.717, 1.165) is 25.0 Å². The summed E-state index contributed by atoms with van der Waals surface area (Å²) in [6, 6.07) is 12.1. The molecule has 3 aliphatic rings. The van der Waals surface area contributed by atoms with Crippen LogP contribution in [0.15, 0.2) is 42.5 Å². The normalized spacial score (nSPS) is 25.4. The maximum Gasteiger partial charge on any atom is 0.316 e. The predicted octanol–water partition coefficient (Wildman–Crippen LogP) is 4.28. The van der Waals surface area contributed by atoms with E-state index in [0.29, 0.717) is 35.2 Å². The van der Waals surface area contributed by atoms with Crippen LogP contribution >= 0.6 is 0 Å². The van der Waals surface area contributed by atoms with Crippen molar-refractivity contribution in [2.45, 2.75) is 46.5 Å². The van der Waals surface area contributed by atoms with E-state index >= 15 is 0 Å². The second-order valence-corrected chi connectivity index (χ2v) is 10.3. The van der Waals surface area contributed by atoms with Crippen LogP contribution in [0.4, 0.5) is 11.4 Å². The van der Waals surface area contributed by atoms with Crippen LogP contribution in [0.1, 0.15) is 45.1 Å². The molecule has 4 atom stereocenters. The zero-order chi connectivity index (χ0) is 26.3. The molecule has 5 rings (SSSR count). The third kappa shape index (κ3) is 4.72. The van der Waals surface area contributed by atoms with Crippen molar-refractivity contribution in [1.82, 2.24) is 0 Å². The molecular formula is C29H32N2O6. The largest absolute Gasteiger partial charge is 0.494 e. The number of nitrogens with zero attached hydrogens (tertiary/aromatic N) is 2. The minimum Gasteiger partial charge on any atom is -0.494 e. The number of carbonyl (C=O) groups is 4. The van der Waals surface area contributed by atoms with Crippen molar-refractivity contribution in [2.75, 3.05) is 23.0 Å². The van der Waals surface area contributed by atoms with Gasteiger partial charge in [0.05, 0.1) is 30.0 Å². The second-order valence-electron chi connectivity index (χ2n) is 10.3. The summed E-state index contributed by atoms with van der Waals surface area (Å²) in [4.78, 5) is 54.5. The zero-order valence-corrected chi connectivity index (χ0v) is 21.4. The highest BCUT2D eigenvalue weighted by Gasteiger charge is 2.50. The van der Waals surface area contributed by atoms with Gasteiger partial charge in [-0.2, -0.15) is 0 Å². The highest BCUT2D eigenvalue weighted by Crippen LogP contribution is 2.43. The summed E-state index contributed by atoms with van der Waals surface area (Å²) in [7, 11) is 0. The number of imide groups is 1. The van der Waals surface area contributed by atoms with Crippen LogP contribution in [0.25, 0.3) is 0 Å². The molecule has 1 saturated carbocycles. The molecule has 2 saturated heterocycles. The Bertz CT molecular complexity index is 1240. The summed E-state index contributed by atoms with van der Waals surface area (Å²) in [6.07, 6.45) is 2.52. The fraction of sp³-hybridized carbons (Fsp3) is 0.448. The van der Waals surface area contributed by atoms with Gasteiger partial charge in [0.2, 0.25) is 17.7 Å². The average Bonchev–Trinajstić information content (AvgIpc) is 3.37. The van der Waals surface area contributed by atoms with E-state index in [1.807, 2.05) is 6.92 Å². The zero-order valence-electron chi connectivity index (χ0n) is 21.4. The quantitative estimate of drug-likeness (QED) is 0.331. The summed E-state index contributed by atoms with van der Waals surface area (Å²) in [6.45, 7) is 6.62. The monoisotopic (exact) mass is 504 g/mol. The number of amides is 3. The first-order chi connectivity index (χ1) is 17.8. The van der Waals surface area contributed by atoms with Gasteiger partial charge in [-0.15, -0.1) is 0 Å². The number of hydrogen-bond donors (Lipinski definition) is 0. The number of aryl methyl sites for hydroxylation is 1. The van der Waals surface area contributed by atoms with Gasteiger partial charge in [-0.3, -0.25) is 19.2 Å². The topological polar surface area (TPSA) is 93.2 Å². The van der Waals surface area contributed by atoms with Crippen LogP contribution in [0, 0.1) is 30.6 Å². The standard InChI is InChI=1S/C29H32N2O6/c1-4-36-21-8-6-20(7-9-21)30-16-19(15-26(30)32)29(35)37-22-10-12-25(18(3)14-22)31-27(33)23-11-5-17(2)13-24(23)28(31)34/h6-10,12,14,17,19,23-24H,4-5,11,13,15-16H2,1-3H3/t17-,19-,23-,24+/m1/s1. The number of carbonyl (C=O) groups excluding carboxylic acids is 4. The SMILES string of the molecule is CCOc1ccc(N2C[C@H](C(=O)Oc3ccc(N4C(=O)[C@H]5C[C@H](C)CC[C@H]5C4=O)c(C)c3)CC2=O)cc1. The molecule has 1 aliphatic carbocycles. The number of rotatable bonds is 6. The summed E-state index contributed by atoms with van der Waals surface area (Å²) in [5, 5.41) is 0. The smallest absolute Gasteiger partial charge is 0.316 e. The number of hydrogen-bond acceptors (Lipinski definition) is 6. The molecule has 0 unspecified atom stereocenters. The fourth-order valence-corrected chi connectivity index (χ4v) is 5.77. The molecule has 3 amide bonds. The molecule has 0 aromatic heterocycles. The molecule has 2 aromatic rings. The van der Waals surface area contributed by atoms with Gasteiger partial charge in [0.25, 0.3) is 0 Å². The lowest BCUT2D eigenvalue weighted by Crippen LogP contribution is -2.31. The van der Waals surface area contributed by atoms with Crippen molar-refractivity contribution in [1.29, 1.82) is 0 Å². The Hall–Kier alpha value is -3.68. The predicted molar refractivity (Wildman–Crippen MR) is 137 cm³/mol.